The second-order valence-corrected chi connectivity index (χ2v) is 8.50. The lowest BCUT2D eigenvalue weighted by Gasteiger charge is -2.38. The van der Waals surface area contributed by atoms with Crippen molar-refractivity contribution in [3.8, 4) is 11.1 Å². The minimum absolute atomic E-state index is 0.161. The summed E-state index contributed by atoms with van der Waals surface area (Å²) in [4.78, 5) is 36.4. The number of carbonyl (C=O) groups is 2. The lowest BCUT2D eigenvalue weighted by molar-refractivity contribution is -0.118. The number of fused-ring (bicyclic) bond motifs is 2. The number of rotatable bonds is 5. The summed E-state index contributed by atoms with van der Waals surface area (Å²) in [6.07, 6.45) is 3.40. The van der Waals surface area contributed by atoms with Gasteiger partial charge in [0.05, 0.1) is 25.2 Å². The van der Waals surface area contributed by atoms with E-state index in [4.69, 9.17) is 10.5 Å². The lowest BCUT2D eigenvalue weighted by atomic mass is 9.80. The van der Waals surface area contributed by atoms with E-state index in [-0.39, 0.29) is 23.7 Å². The van der Waals surface area contributed by atoms with Crippen molar-refractivity contribution in [1.29, 1.82) is 0 Å². The molecule has 1 spiro atoms. The van der Waals surface area contributed by atoms with E-state index in [2.05, 4.69) is 9.97 Å². The summed E-state index contributed by atoms with van der Waals surface area (Å²) in [5.41, 5.74) is 9.02. The third kappa shape index (κ3) is 3.70. The van der Waals surface area contributed by atoms with Gasteiger partial charge in [0.2, 0.25) is 11.9 Å². The Balaban J connectivity index is 1.48. The van der Waals surface area contributed by atoms with Gasteiger partial charge < -0.3 is 20.3 Å². The number of amides is 2. The molecule has 9 heteroatoms. The van der Waals surface area contributed by atoms with Crippen molar-refractivity contribution in [2.75, 3.05) is 38.3 Å². The Labute approximate surface area is 189 Å². The number of benzene rings is 2. The summed E-state index contributed by atoms with van der Waals surface area (Å²) < 4.78 is 18.7. The van der Waals surface area contributed by atoms with Gasteiger partial charge in [-0.1, -0.05) is 18.2 Å². The Morgan fingerprint density at radius 2 is 1.82 bits per heavy atom. The van der Waals surface area contributed by atoms with Crippen molar-refractivity contribution >= 4 is 23.5 Å². The summed E-state index contributed by atoms with van der Waals surface area (Å²) in [6, 6.07) is 11.7. The van der Waals surface area contributed by atoms with Gasteiger partial charge in [-0.2, -0.15) is 0 Å². The number of nitrogens with two attached hydrogens (primary N) is 1. The van der Waals surface area contributed by atoms with Gasteiger partial charge in [0, 0.05) is 42.8 Å². The first-order chi connectivity index (χ1) is 15.9. The molecular weight excluding hydrogens is 425 g/mol. The summed E-state index contributed by atoms with van der Waals surface area (Å²) in [6.45, 7) is 1.64. The molecule has 5 rings (SSSR count). The highest BCUT2D eigenvalue weighted by Crippen LogP contribution is 2.47. The molecule has 1 aromatic heterocycles. The van der Waals surface area contributed by atoms with Crippen molar-refractivity contribution in [2.45, 2.75) is 5.41 Å². The molecule has 2 amide bonds. The number of primary amides is 1. The smallest absolute Gasteiger partial charge is 0.254 e. The minimum atomic E-state index is -0.575. The number of aromatic nitrogens is 2. The van der Waals surface area contributed by atoms with Crippen molar-refractivity contribution in [2.24, 2.45) is 5.73 Å². The normalized spacial score (nSPS) is 15.8. The maximum atomic E-state index is 13.2. The van der Waals surface area contributed by atoms with E-state index >= 15 is 0 Å². The van der Waals surface area contributed by atoms with Crippen LogP contribution in [0.4, 0.5) is 16.0 Å². The number of carbonyl (C=O) groups excluding carboxylic acids is 2. The second-order valence-electron chi connectivity index (χ2n) is 8.50. The lowest BCUT2D eigenvalue weighted by Crippen LogP contribution is -2.49. The number of nitrogens with zero attached hydrogens (tertiary/aromatic N) is 4. The molecule has 33 heavy (non-hydrogen) atoms. The van der Waals surface area contributed by atoms with E-state index in [0.717, 1.165) is 22.4 Å². The van der Waals surface area contributed by atoms with Gasteiger partial charge in [-0.15, -0.1) is 0 Å². The first-order valence-corrected chi connectivity index (χ1v) is 10.5. The van der Waals surface area contributed by atoms with E-state index in [1.54, 1.807) is 36.7 Å². The molecule has 8 nitrogen and oxygen atoms in total. The molecule has 2 aromatic carbocycles. The fourth-order valence-electron chi connectivity index (χ4n) is 4.36. The fraction of sp³-hybridized carbons (Fsp3) is 0.250. The largest absolute Gasteiger partial charge is 0.379 e. The highest BCUT2D eigenvalue weighted by molar-refractivity contribution is 5.97. The van der Waals surface area contributed by atoms with Gasteiger partial charge in [0.1, 0.15) is 5.82 Å². The summed E-state index contributed by atoms with van der Waals surface area (Å²) in [5, 5.41) is 0. The maximum Gasteiger partial charge on any atom is 0.254 e. The van der Waals surface area contributed by atoms with Gasteiger partial charge in [0.15, 0.2) is 0 Å². The number of halogens is 1. The Hall–Kier alpha value is -3.85. The Kier molecular flexibility index (Phi) is 5.05. The maximum absolute atomic E-state index is 13.2. The van der Waals surface area contributed by atoms with Crippen LogP contribution in [0.15, 0.2) is 54.9 Å². The first kappa shape index (κ1) is 21.0. The molecular formula is C24H22FN5O3. The van der Waals surface area contributed by atoms with Gasteiger partial charge in [-0.25, -0.2) is 14.4 Å². The minimum Gasteiger partial charge on any atom is -0.379 e. The molecule has 3 heterocycles. The highest BCUT2D eigenvalue weighted by atomic mass is 19.1. The third-order valence-electron chi connectivity index (χ3n) is 6.12. The van der Waals surface area contributed by atoms with E-state index in [1.807, 2.05) is 11.0 Å². The molecule has 168 valence electrons. The number of hydrogen-bond donors (Lipinski definition) is 1. The third-order valence-corrected chi connectivity index (χ3v) is 6.12. The van der Waals surface area contributed by atoms with Gasteiger partial charge in [0.25, 0.3) is 5.91 Å². The van der Waals surface area contributed by atoms with E-state index in [1.165, 1.54) is 24.1 Å². The molecule has 1 saturated heterocycles. The standard InChI is InChI=1S/C24H22FN5O3/c1-29(11-21(26)31)22(32)16-4-7-19-20(8-16)30(12-24(19)13-33-14-24)23-27-9-17(10-28-23)15-2-5-18(25)6-3-15/h2-10H,11-14H2,1H3,(H2,26,31). The van der Waals surface area contributed by atoms with Crippen LogP contribution in [0.5, 0.6) is 0 Å². The topological polar surface area (TPSA) is 102 Å². The van der Waals surface area contributed by atoms with Crippen LogP contribution in [0.25, 0.3) is 11.1 Å². The molecule has 2 aliphatic heterocycles. The second kappa shape index (κ2) is 7.93. The number of hydrogen-bond acceptors (Lipinski definition) is 6. The average molecular weight is 447 g/mol. The molecule has 0 aliphatic carbocycles. The zero-order valence-corrected chi connectivity index (χ0v) is 18.0. The Morgan fingerprint density at radius 1 is 1.12 bits per heavy atom. The zero-order chi connectivity index (χ0) is 23.2. The Bertz CT molecular complexity index is 1230. The van der Waals surface area contributed by atoms with Crippen LogP contribution in [0, 0.1) is 5.82 Å². The van der Waals surface area contributed by atoms with Gasteiger partial charge >= 0.3 is 0 Å². The first-order valence-electron chi connectivity index (χ1n) is 10.5. The van der Waals surface area contributed by atoms with Crippen LogP contribution in [0.3, 0.4) is 0 Å². The number of anilines is 2. The van der Waals surface area contributed by atoms with Crippen LogP contribution in [0.2, 0.25) is 0 Å². The Morgan fingerprint density at radius 3 is 2.42 bits per heavy atom. The zero-order valence-electron chi connectivity index (χ0n) is 18.0. The molecule has 0 atom stereocenters. The molecule has 3 aromatic rings. The van der Waals surface area contributed by atoms with Crippen LogP contribution < -0.4 is 10.6 Å². The summed E-state index contributed by atoms with van der Waals surface area (Å²) in [7, 11) is 1.54. The predicted octanol–water partition coefficient (Wildman–Crippen LogP) is 2.26. The van der Waals surface area contributed by atoms with Gasteiger partial charge in [-0.05, 0) is 35.4 Å². The molecule has 0 unspecified atom stereocenters. The van der Waals surface area contributed by atoms with Gasteiger partial charge in [-0.3, -0.25) is 9.59 Å². The van der Waals surface area contributed by atoms with Crippen LogP contribution in [0.1, 0.15) is 15.9 Å². The predicted molar refractivity (Wildman–Crippen MR) is 120 cm³/mol. The van der Waals surface area contributed by atoms with Crippen LogP contribution >= 0.6 is 0 Å². The van der Waals surface area contributed by atoms with Crippen molar-refractivity contribution in [3.05, 3.63) is 71.8 Å². The fourth-order valence-corrected chi connectivity index (χ4v) is 4.36. The molecule has 0 saturated carbocycles. The SMILES string of the molecule is CN(CC(N)=O)C(=O)c1ccc2c(c1)N(c1ncc(-c3ccc(F)cc3)cn1)CC21COC1. The van der Waals surface area contributed by atoms with Crippen LogP contribution in [-0.2, 0) is 14.9 Å². The number of ether oxygens (including phenoxy) is 1. The highest BCUT2D eigenvalue weighted by Gasteiger charge is 2.49. The monoisotopic (exact) mass is 447 g/mol. The molecule has 1 fully saturated rings. The van der Waals surface area contributed by atoms with Crippen molar-refractivity contribution in [1.82, 2.24) is 14.9 Å². The molecule has 0 bridgehead atoms. The summed E-state index contributed by atoms with van der Waals surface area (Å²) in [5.74, 6) is -0.672. The summed E-state index contributed by atoms with van der Waals surface area (Å²) >= 11 is 0. The molecule has 2 N–H and O–H groups in total. The van der Waals surface area contributed by atoms with E-state index in [9.17, 15) is 14.0 Å². The quantitative estimate of drug-likeness (QED) is 0.644. The van der Waals surface area contributed by atoms with Crippen molar-refractivity contribution < 1.29 is 18.7 Å². The van der Waals surface area contributed by atoms with E-state index in [0.29, 0.717) is 31.3 Å². The van der Waals surface area contributed by atoms with Crippen LogP contribution in [-0.4, -0.2) is 60.0 Å². The molecule has 2 aliphatic rings. The van der Waals surface area contributed by atoms with E-state index < -0.39 is 5.91 Å². The average Bonchev–Trinajstić information content (AvgIpc) is 3.14. The number of likely N-dealkylation sites (N-methyl/N-ethyl adjacent to an activating group) is 1. The molecule has 0 radical (unpaired) electrons. The van der Waals surface area contributed by atoms with Crippen molar-refractivity contribution in [3.63, 3.8) is 0 Å².